The normalized spacial score (nSPS) is 15.5. The largest absolute Gasteiger partial charge is 0.354 e. The van der Waals surface area contributed by atoms with Gasteiger partial charge in [0.25, 0.3) is 0 Å². The fourth-order valence-corrected chi connectivity index (χ4v) is 5.59. The van der Waals surface area contributed by atoms with E-state index in [1.165, 1.54) is 39.0 Å². The number of likely N-dealkylation sites (tertiary alicyclic amines) is 1. The highest BCUT2D eigenvalue weighted by molar-refractivity contribution is 5.92. The second kappa shape index (κ2) is 9.15. The van der Waals surface area contributed by atoms with E-state index in [9.17, 15) is 4.79 Å². The number of piperidine rings is 1. The topological polar surface area (TPSA) is 56.6 Å². The summed E-state index contributed by atoms with van der Waals surface area (Å²) in [4.78, 5) is 24.5. The molecule has 0 aliphatic carbocycles. The molecule has 6 heteroatoms. The number of hydrogen-bond acceptors (Lipinski definition) is 3. The Morgan fingerprint density at radius 3 is 2.57 bits per heavy atom. The zero-order chi connectivity index (χ0) is 24.9. The molecule has 1 saturated heterocycles. The lowest BCUT2D eigenvalue weighted by Crippen LogP contribution is -2.40. The number of carbonyl (C=O) groups is 1. The first-order chi connectivity index (χ1) is 16.7. The van der Waals surface area contributed by atoms with Crippen molar-refractivity contribution in [1.82, 2.24) is 24.2 Å². The first-order valence-corrected chi connectivity index (χ1v) is 12.8. The van der Waals surface area contributed by atoms with Crippen molar-refractivity contribution < 1.29 is 4.79 Å². The highest BCUT2D eigenvalue weighted by atomic mass is 16.2. The molecular weight excluding hydrogens is 434 g/mol. The minimum absolute atomic E-state index is 0.185. The molecule has 0 radical (unpaired) electrons. The predicted molar refractivity (Wildman–Crippen MR) is 143 cm³/mol. The molecule has 0 unspecified atom stereocenters. The first kappa shape index (κ1) is 23.6. The number of imidazole rings is 1. The number of H-pyrrole nitrogens is 1. The molecule has 1 N–H and O–H groups in total. The second-order valence-electron chi connectivity index (χ2n) is 10.7. The van der Waals surface area contributed by atoms with Crippen molar-refractivity contribution in [3.05, 3.63) is 59.0 Å². The number of benzene rings is 1. The number of aromatic nitrogens is 3. The number of nitrogens with one attached hydrogen (secondary N) is 1. The van der Waals surface area contributed by atoms with Gasteiger partial charge in [-0.15, -0.1) is 0 Å². The van der Waals surface area contributed by atoms with Crippen LogP contribution in [0.1, 0.15) is 61.0 Å². The van der Waals surface area contributed by atoms with Gasteiger partial charge in [-0.2, -0.15) is 0 Å². The summed E-state index contributed by atoms with van der Waals surface area (Å²) in [6, 6.07) is 11.4. The minimum Gasteiger partial charge on any atom is -0.354 e. The van der Waals surface area contributed by atoms with Crippen molar-refractivity contribution in [3.8, 4) is 11.3 Å². The average molecular weight is 472 g/mol. The third kappa shape index (κ3) is 4.47. The molecule has 1 aliphatic rings. The molecular formula is C29H37N5O. The van der Waals surface area contributed by atoms with E-state index >= 15 is 0 Å². The SMILES string of the molecule is Cc1cn2c(C)cc(-c3[nH]c4ccc(C5CCN(CC(=O)N(C)C)CC5)cc4c3C(C)C)cc2n1. The van der Waals surface area contributed by atoms with Gasteiger partial charge in [-0.1, -0.05) is 19.9 Å². The van der Waals surface area contributed by atoms with Gasteiger partial charge in [0.15, 0.2) is 0 Å². The van der Waals surface area contributed by atoms with Crippen LogP contribution in [0, 0.1) is 13.8 Å². The molecule has 0 saturated carbocycles. The summed E-state index contributed by atoms with van der Waals surface area (Å²) in [6.45, 7) is 11.2. The van der Waals surface area contributed by atoms with Gasteiger partial charge in [0.1, 0.15) is 5.65 Å². The highest BCUT2D eigenvalue weighted by Gasteiger charge is 2.24. The van der Waals surface area contributed by atoms with Crippen LogP contribution >= 0.6 is 0 Å². The monoisotopic (exact) mass is 471 g/mol. The molecule has 4 aromatic rings. The van der Waals surface area contributed by atoms with Gasteiger partial charge < -0.3 is 14.3 Å². The molecule has 1 fully saturated rings. The van der Waals surface area contributed by atoms with Gasteiger partial charge in [0.2, 0.25) is 5.91 Å². The molecule has 0 atom stereocenters. The molecule has 1 amide bonds. The van der Waals surface area contributed by atoms with Crippen LogP contribution in [-0.4, -0.2) is 63.8 Å². The third-order valence-corrected chi connectivity index (χ3v) is 7.53. The lowest BCUT2D eigenvalue weighted by molar-refractivity contribution is -0.130. The molecule has 0 bridgehead atoms. The van der Waals surface area contributed by atoms with Gasteiger partial charge in [-0.05, 0) is 87.0 Å². The van der Waals surface area contributed by atoms with Crippen molar-refractivity contribution in [1.29, 1.82) is 0 Å². The van der Waals surface area contributed by atoms with E-state index in [0.29, 0.717) is 18.4 Å². The van der Waals surface area contributed by atoms with Crippen LogP contribution in [0.5, 0.6) is 0 Å². The van der Waals surface area contributed by atoms with Crippen molar-refractivity contribution in [2.75, 3.05) is 33.7 Å². The zero-order valence-corrected chi connectivity index (χ0v) is 21.9. The molecule has 0 spiro atoms. The summed E-state index contributed by atoms with van der Waals surface area (Å²) in [7, 11) is 3.66. The number of aromatic amines is 1. The van der Waals surface area contributed by atoms with Gasteiger partial charge in [0, 0.05) is 42.5 Å². The minimum atomic E-state index is 0.185. The van der Waals surface area contributed by atoms with Crippen LogP contribution in [0.15, 0.2) is 36.5 Å². The molecule has 35 heavy (non-hydrogen) atoms. The van der Waals surface area contributed by atoms with Gasteiger partial charge in [0.05, 0.1) is 17.9 Å². The maximum atomic E-state index is 12.1. The number of nitrogens with zero attached hydrogens (tertiary/aromatic N) is 4. The van der Waals surface area contributed by atoms with E-state index in [1.54, 1.807) is 4.90 Å². The second-order valence-corrected chi connectivity index (χ2v) is 10.7. The van der Waals surface area contributed by atoms with Crippen LogP contribution in [-0.2, 0) is 4.79 Å². The van der Waals surface area contributed by atoms with Crippen LogP contribution in [0.25, 0.3) is 27.8 Å². The Hall–Kier alpha value is -3.12. The molecule has 3 aromatic heterocycles. The summed E-state index contributed by atoms with van der Waals surface area (Å²) in [5, 5.41) is 1.33. The average Bonchev–Trinajstić information content (AvgIpc) is 3.39. The number of rotatable bonds is 5. The Bertz CT molecular complexity index is 1390. The number of hydrogen-bond donors (Lipinski definition) is 1. The highest BCUT2D eigenvalue weighted by Crippen LogP contribution is 2.38. The number of aryl methyl sites for hydroxylation is 2. The molecule has 6 nitrogen and oxygen atoms in total. The van der Waals surface area contributed by atoms with Crippen molar-refractivity contribution in [3.63, 3.8) is 0 Å². The standard InChI is InChI=1S/C29H37N5O/c1-18(2)28-24-14-22(21-9-11-33(12-10-21)17-27(35)32(5)6)7-8-25(24)31-29(28)23-13-20(4)34-16-19(3)30-26(34)15-23/h7-8,13-16,18,21,31H,9-12,17H2,1-6H3. The summed E-state index contributed by atoms with van der Waals surface area (Å²) >= 11 is 0. The Kier molecular flexibility index (Phi) is 6.18. The van der Waals surface area contributed by atoms with E-state index in [0.717, 1.165) is 37.3 Å². The van der Waals surface area contributed by atoms with Crippen LogP contribution in [0.2, 0.25) is 0 Å². The smallest absolute Gasteiger partial charge is 0.236 e. The summed E-state index contributed by atoms with van der Waals surface area (Å²) < 4.78 is 2.16. The Labute approximate surface area is 208 Å². The lowest BCUT2D eigenvalue weighted by atomic mass is 9.87. The zero-order valence-electron chi connectivity index (χ0n) is 21.9. The number of carbonyl (C=O) groups excluding carboxylic acids is 1. The van der Waals surface area contributed by atoms with Crippen molar-refractivity contribution >= 4 is 22.5 Å². The Morgan fingerprint density at radius 1 is 1.14 bits per heavy atom. The number of fused-ring (bicyclic) bond motifs is 2. The Morgan fingerprint density at radius 2 is 1.89 bits per heavy atom. The predicted octanol–water partition coefficient (Wildman–Crippen LogP) is 5.49. The van der Waals surface area contributed by atoms with Gasteiger partial charge >= 0.3 is 0 Å². The van der Waals surface area contributed by atoms with Crippen molar-refractivity contribution in [2.45, 2.75) is 52.4 Å². The maximum absolute atomic E-state index is 12.1. The molecule has 1 aromatic carbocycles. The van der Waals surface area contributed by atoms with Crippen LogP contribution in [0.3, 0.4) is 0 Å². The number of amides is 1. The summed E-state index contributed by atoms with van der Waals surface area (Å²) in [5.74, 6) is 1.12. The van der Waals surface area contributed by atoms with Crippen molar-refractivity contribution in [2.24, 2.45) is 0 Å². The van der Waals surface area contributed by atoms with E-state index in [4.69, 9.17) is 4.98 Å². The van der Waals surface area contributed by atoms with E-state index in [-0.39, 0.29) is 5.91 Å². The number of pyridine rings is 1. The maximum Gasteiger partial charge on any atom is 0.236 e. The van der Waals surface area contributed by atoms with Gasteiger partial charge in [-0.25, -0.2) is 4.98 Å². The fraction of sp³-hybridized carbons (Fsp3) is 0.448. The number of likely N-dealkylation sites (N-methyl/N-ethyl adjacent to an activating group) is 1. The van der Waals surface area contributed by atoms with E-state index in [2.05, 4.69) is 71.6 Å². The lowest BCUT2D eigenvalue weighted by Gasteiger charge is -2.32. The molecule has 4 heterocycles. The van der Waals surface area contributed by atoms with E-state index < -0.39 is 0 Å². The molecule has 184 valence electrons. The quantitative estimate of drug-likeness (QED) is 0.419. The summed E-state index contributed by atoms with van der Waals surface area (Å²) in [5.41, 5.74) is 9.60. The Balaban J connectivity index is 1.46. The summed E-state index contributed by atoms with van der Waals surface area (Å²) in [6.07, 6.45) is 4.28. The first-order valence-electron chi connectivity index (χ1n) is 12.8. The van der Waals surface area contributed by atoms with Gasteiger partial charge in [-0.3, -0.25) is 9.69 Å². The van der Waals surface area contributed by atoms with E-state index in [1.807, 2.05) is 21.0 Å². The fourth-order valence-electron chi connectivity index (χ4n) is 5.59. The van der Waals surface area contributed by atoms with Crippen LogP contribution in [0.4, 0.5) is 0 Å². The molecule has 5 rings (SSSR count). The van der Waals surface area contributed by atoms with Crippen LogP contribution < -0.4 is 0 Å². The molecule has 1 aliphatic heterocycles. The third-order valence-electron chi connectivity index (χ3n) is 7.53.